The van der Waals surface area contributed by atoms with Crippen LogP contribution in [0.25, 0.3) is 0 Å². The largest absolute Gasteiger partial charge is 0.379 e. The monoisotopic (exact) mass is 187 g/mol. The summed E-state index contributed by atoms with van der Waals surface area (Å²) in [7, 11) is 0. The van der Waals surface area contributed by atoms with Gasteiger partial charge in [-0.05, 0) is 31.4 Å². The van der Waals surface area contributed by atoms with E-state index in [0.717, 1.165) is 12.1 Å². The zero-order chi connectivity index (χ0) is 10.0. The average Bonchev–Trinajstić information content (AvgIpc) is 2.99. The topological polar surface area (TPSA) is 48.7 Å². The van der Waals surface area contributed by atoms with Gasteiger partial charge in [-0.2, -0.15) is 5.26 Å². The van der Waals surface area contributed by atoms with Gasteiger partial charge in [-0.25, -0.2) is 4.98 Å². The maximum Gasteiger partial charge on any atom is 0.142 e. The van der Waals surface area contributed by atoms with Crippen LogP contribution in [0.5, 0.6) is 0 Å². The Kier molecular flexibility index (Phi) is 2.12. The van der Waals surface area contributed by atoms with Gasteiger partial charge >= 0.3 is 0 Å². The van der Waals surface area contributed by atoms with Crippen molar-refractivity contribution in [2.75, 3.05) is 5.32 Å². The third kappa shape index (κ3) is 1.69. The van der Waals surface area contributed by atoms with Gasteiger partial charge in [-0.15, -0.1) is 0 Å². The lowest BCUT2D eigenvalue weighted by Gasteiger charge is -2.16. The average molecular weight is 187 g/mol. The van der Waals surface area contributed by atoms with Crippen LogP contribution in [-0.2, 0) is 0 Å². The second-order valence-corrected chi connectivity index (χ2v) is 3.80. The van der Waals surface area contributed by atoms with Gasteiger partial charge in [0.1, 0.15) is 11.8 Å². The standard InChI is InChI=1S/C11H13N3/c1-2-11(4-5-11)14-9-3-6-13-10(7-9)8-12/h3,6-7H,2,4-5H2,1H3,(H,13,14). The highest BCUT2D eigenvalue weighted by atomic mass is 15.0. The lowest BCUT2D eigenvalue weighted by atomic mass is 10.2. The van der Waals surface area contributed by atoms with E-state index in [2.05, 4.69) is 17.2 Å². The number of nitrogens with one attached hydrogen (secondary N) is 1. The van der Waals surface area contributed by atoms with Crippen LogP contribution < -0.4 is 5.32 Å². The fourth-order valence-electron chi connectivity index (χ4n) is 1.59. The first-order valence-corrected chi connectivity index (χ1v) is 4.92. The van der Waals surface area contributed by atoms with E-state index in [9.17, 15) is 0 Å². The van der Waals surface area contributed by atoms with E-state index in [1.54, 1.807) is 12.3 Å². The van der Waals surface area contributed by atoms with Crippen LogP contribution >= 0.6 is 0 Å². The fraction of sp³-hybridized carbons (Fsp3) is 0.455. The van der Waals surface area contributed by atoms with Crippen molar-refractivity contribution in [2.45, 2.75) is 31.7 Å². The molecule has 1 heterocycles. The van der Waals surface area contributed by atoms with Crippen molar-refractivity contribution in [3.05, 3.63) is 24.0 Å². The van der Waals surface area contributed by atoms with Gasteiger partial charge in [0.15, 0.2) is 0 Å². The molecule has 1 aromatic heterocycles. The lowest BCUT2D eigenvalue weighted by molar-refractivity contribution is 0.701. The number of rotatable bonds is 3. The van der Waals surface area contributed by atoms with Crippen LogP contribution in [0.4, 0.5) is 5.69 Å². The van der Waals surface area contributed by atoms with Gasteiger partial charge in [0, 0.05) is 17.4 Å². The molecule has 0 unspecified atom stereocenters. The molecule has 0 aromatic carbocycles. The van der Waals surface area contributed by atoms with Gasteiger partial charge in [-0.3, -0.25) is 0 Å². The molecule has 3 heteroatoms. The first kappa shape index (κ1) is 9.01. The molecule has 1 aliphatic carbocycles. The number of hydrogen-bond acceptors (Lipinski definition) is 3. The van der Waals surface area contributed by atoms with Crippen molar-refractivity contribution in [2.24, 2.45) is 0 Å². The van der Waals surface area contributed by atoms with Gasteiger partial charge in [0.25, 0.3) is 0 Å². The molecule has 3 nitrogen and oxygen atoms in total. The lowest BCUT2D eigenvalue weighted by Crippen LogP contribution is -2.19. The first-order valence-electron chi connectivity index (χ1n) is 4.92. The summed E-state index contributed by atoms with van der Waals surface area (Å²) in [5, 5.41) is 12.2. The third-order valence-electron chi connectivity index (χ3n) is 2.81. The van der Waals surface area contributed by atoms with Crippen LogP contribution in [-0.4, -0.2) is 10.5 Å². The van der Waals surface area contributed by atoms with Crippen molar-refractivity contribution in [1.82, 2.24) is 4.98 Å². The molecular weight excluding hydrogens is 174 g/mol. The van der Waals surface area contributed by atoms with E-state index in [1.807, 2.05) is 12.1 Å². The van der Waals surface area contributed by atoms with Gasteiger partial charge < -0.3 is 5.32 Å². The fourth-order valence-corrected chi connectivity index (χ4v) is 1.59. The molecule has 72 valence electrons. The number of aromatic nitrogens is 1. The minimum atomic E-state index is 0.300. The van der Waals surface area contributed by atoms with Gasteiger partial charge in [0.05, 0.1) is 0 Å². The SMILES string of the molecule is CCC1(Nc2ccnc(C#N)c2)CC1. The summed E-state index contributed by atoms with van der Waals surface area (Å²) < 4.78 is 0. The van der Waals surface area contributed by atoms with Crippen molar-refractivity contribution < 1.29 is 0 Å². The molecular formula is C11H13N3. The molecule has 1 aromatic rings. The van der Waals surface area contributed by atoms with E-state index in [1.165, 1.54) is 12.8 Å². The van der Waals surface area contributed by atoms with E-state index in [0.29, 0.717) is 11.2 Å². The van der Waals surface area contributed by atoms with Crippen molar-refractivity contribution in [3.63, 3.8) is 0 Å². The van der Waals surface area contributed by atoms with Gasteiger partial charge in [0.2, 0.25) is 0 Å². The molecule has 0 atom stereocenters. The Morgan fingerprint density at radius 3 is 3.00 bits per heavy atom. The van der Waals surface area contributed by atoms with E-state index in [-0.39, 0.29) is 0 Å². The van der Waals surface area contributed by atoms with Crippen molar-refractivity contribution in [3.8, 4) is 6.07 Å². The molecule has 2 rings (SSSR count). The molecule has 1 N–H and O–H groups in total. The minimum Gasteiger partial charge on any atom is -0.379 e. The highest BCUT2D eigenvalue weighted by Crippen LogP contribution is 2.41. The predicted octanol–water partition coefficient (Wildman–Crippen LogP) is 2.31. The van der Waals surface area contributed by atoms with E-state index in [4.69, 9.17) is 5.26 Å². The molecule has 0 saturated heterocycles. The molecule has 0 aliphatic heterocycles. The molecule has 0 radical (unpaired) electrons. The molecule has 14 heavy (non-hydrogen) atoms. The van der Waals surface area contributed by atoms with Crippen LogP contribution in [0, 0.1) is 11.3 Å². The summed E-state index contributed by atoms with van der Waals surface area (Å²) in [4.78, 5) is 3.93. The molecule has 1 saturated carbocycles. The smallest absolute Gasteiger partial charge is 0.142 e. The Morgan fingerprint density at radius 1 is 1.64 bits per heavy atom. The van der Waals surface area contributed by atoms with Gasteiger partial charge in [-0.1, -0.05) is 6.92 Å². The highest BCUT2D eigenvalue weighted by molar-refractivity contribution is 5.49. The van der Waals surface area contributed by atoms with Crippen LogP contribution in [0.1, 0.15) is 31.9 Å². The first-order chi connectivity index (χ1) is 6.78. The molecule has 0 amide bonds. The summed E-state index contributed by atoms with van der Waals surface area (Å²) >= 11 is 0. The summed E-state index contributed by atoms with van der Waals surface area (Å²) in [5.74, 6) is 0. The Labute approximate surface area is 83.8 Å². The van der Waals surface area contributed by atoms with Crippen LogP contribution in [0.15, 0.2) is 18.3 Å². The number of pyridine rings is 1. The van der Waals surface area contributed by atoms with Crippen LogP contribution in [0.3, 0.4) is 0 Å². The minimum absolute atomic E-state index is 0.300. The van der Waals surface area contributed by atoms with E-state index >= 15 is 0 Å². The number of nitriles is 1. The quantitative estimate of drug-likeness (QED) is 0.789. The summed E-state index contributed by atoms with van der Waals surface area (Å²) in [6.45, 7) is 2.19. The third-order valence-corrected chi connectivity index (χ3v) is 2.81. The Morgan fingerprint density at radius 2 is 2.43 bits per heavy atom. The Bertz CT molecular complexity index is 374. The van der Waals surface area contributed by atoms with Crippen molar-refractivity contribution in [1.29, 1.82) is 5.26 Å². The molecule has 0 bridgehead atoms. The Balaban J connectivity index is 2.14. The molecule has 1 fully saturated rings. The maximum absolute atomic E-state index is 8.69. The normalized spacial score (nSPS) is 17.1. The number of nitrogens with zero attached hydrogens (tertiary/aromatic N) is 2. The second-order valence-electron chi connectivity index (χ2n) is 3.80. The van der Waals surface area contributed by atoms with Crippen molar-refractivity contribution >= 4 is 5.69 Å². The number of hydrogen-bond donors (Lipinski definition) is 1. The zero-order valence-corrected chi connectivity index (χ0v) is 8.25. The summed E-state index contributed by atoms with van der Waals surface area (Å²) in [6.07, 6.45) is 5.27. The molecule has 1 aliphatic rings. The predicted molar refractivity (Wildman–Crippen MR) is 54.8 cm³/mol. The van der Waals surface area contributed by atoms with Crippen LogP contribution in [0.2, 0.25) is 0 Å². The highest BCUT2D eigenvalue weighted by Gasteiger charge is 2.40. The maximum atomic E-state index is 8.69. The molecule has 0 spiro atoms. The summed E-state index contributed by atoms with van der Waals surface area (Å²) in [5.41, 5.74) is 1.78. The number of anilines is 1. The zero-order valence-electron chi connectivity index (χ0n) is 8.25. The summed E-state index contributed by atoms with van der Waals surface area (Å²) in [6, 6.07) is 5.76. The van der Waals surface area contributed by atoms with E-state index < -0.39 is 0 Å². The second kappa shape index (κ2) is 3.30. The Hall–Kier alpha value is -1.56.